The van der Waals surface area contributed by atoms with Gasteiger partial charge in [0, 0.05) is 18.3 Å². The molecule has 0 aliphatic carbocycles. The van der Waals surface area contributed by atoms with Crippen molar-refractivity contribution in [1.82, 2.24) is 14.2 Å². The van der Waals surface area contributed by atoms with Gasteiger partial charge in [-0.2, -0.15) is 0 Å². The van der Waals surface area contributed by atoms with Crippen molar-refractivity contribution in [3.05, 3.63) is 50.7 Å². The normalized spacial score (nSPS) is 11.5. The van der Waals surface area contributed by atoms with Gasteiger partial charge >= 0.3 is 0 Å². The number of aromatic nitrogens is 3. The minimum atomic E-state index is -0.591. The average molecular weight is 378 g/mol. The van der Waals surface area contributed by atoms with Gasteiger partial charge in [0.2, 0.25) is 0 Å². The number of ether oxygens (including phenoxy) is 1. The first kappa shape index (κ1) is 18.5. The number of benzene rings is 1. The van der Waals surface area contributed by atoms with Crippen LogP contribution in [0.2, 0.25) is 5.02 Å². The molecule has 7 heteroatoms. The maximum Gasteiger partial charge on any atom is 0.278 e. The molecule has 0 saturated heterocycles. The Balaban J connectivity index is 2.44. The van der Waals surface area contributed by atoms with Crippen LogP contribution < -0.4 is 10.3 Å². The lowest BCUT2D eigenvalue weighted by atomic mass is 10.1. The highest BCUT2D eigenvalue weighted by atomic mass is 35.5. The summed E-state index contributed by atoms with van der Waals surface area (Å²) in [5, 5.41) is 4.60. The van der Waals surface area contributed by atoms with Gasteiger partial charge in [0.15, 0.2) is 5.82 Å². The van der Waals surface area contributed by atoms with Crippen LogP contribution in [0.1, 0.15) is 37.9 Å². The zero-order valence-corrected chi connectivity index (χ0v) is 16.2. The quantitative estimate of drug-likeness (QED) is 0.676. The predicted octanol–water partition coefficient (Wildman–Crippen LogP) is 4.42. The summed E-state index contributed by atoms with van der Waals surface area (Å²) in [6.45, 7) is 8.22. The monoisotopic (exact) mass is 377 g/mol. The van der Waals surface area contributed by atoms with Gasteiger partial charge in [-0.15, -0.1) is 5.10 Å². The number of aryl methyl sites for hydroxylation is 1. The zero-order chi connectivity index (χ0) is 19.2. The summed E-state index contributed by atoms with van der Waals surface area (Å²) in [5.74, 6) is 0.295. The summed E-state index contributed by atoms with van der Waals surface area (Å²) >= 11 is 5.87. The van der Waals surface area contributed by atoms with E-state index >= 15 is 0 Å². The van der Waals surface area contributed by atoms with Crippen molar-refractivity contribution in [2.75, 3.05) is 7.11 Å². The van der Waals surface area contributed by atoms with Crippen LogP contribution in [0.25, 0.3) is 16.9 Å². The van der Waals surface area contributed by atoms with Crippen molar-refractivity contribution in [2.45, 2.75) is 40.2 Å². The molecule has 1 aromatic carbocycles. The first-order valence-electron chi connectivity index (χ1n) is 8.46. The fourth-order valence-electron chi connectivity index (χ4n) is 3.17. The van der Waals surface area contributed by atoms with Gasteiger partial charge in [-0.1, -0.05) is 25.4 Å². The smallest absolute Gasteiger partial charge is 0.278 e. The maximum absolute atomic E-state index is 14.1. The third kappa shape index (κ3) is 2.78. The molecule has 3 rings (SSSR count). The predicted molar refractivity (Wildman–Crippen MR) is 101 cm³/mol. The summed E-state index contributed by atoms with van der Waals surface area (Å²) in [6, 6.07) is 4.62. The largest absolute Gasteiger partial charge is 0.496 e. The summed E-state index contributed by atoms with van der Waals surface area (Å²) in [4.78, 5) is 13.2. The molecule has 0 bridgehead atoms. The van der Waals surface area contributed by atoms with Crippen LogP contribution >= 0.6 is 11.6 Å². The summed E-state index contributed by atoms with van der Waals surface area (Å²) in [6.07, 6.45) is 0. The van der Waals surface area contributed by atoms with Crippen LogP contribution in [-0.4, -0.2) is 21.3 Å². The zero-order valence-electron chi connectivity index (χ0n) is 15.4. The van der Waals surface area contributed by atoms with Gasteiger partial charge in [0.1, 0.15) is 17.1 Å². The lowest BCUT2D eigenvalue weighted by molar-refractivity contribution is 0.414. The van der Waals surface area contributed by atoms with E-state index in [9.17, 15) is 9.18 Å². The van der Waals surface area contributed by atoms with Crippen molar-refractivity contribution in [3.63, 3.8) is 0 Å². The Morgan fingerprint density at radius 2 is 2.00 bits per heavy atom. The molecule has 26 heavy (non-hydrogen) atoms. The van der Waals surface area contributed by atoms with Crippen molar-refractivity contribution in [2.24, 2.45) is 0 Å². The van der Waals surface area contributed by atoms with Gasteiger partial charge < -0.3 is 4.74 Å². The van der Waals surface area contributed by atoms with E-state index in [-0.39, 0.29) is 16.5 Å². The number of hydrogen-bond donors (Lipinski definition) is 0. The minimum Gasteiger partial charge on any atom is -0.496 e. The maximum atomic E-state index is 14.1. The second kappa shape index (κ2) is 6.76. The number of halogens is 2. The SMILES string of the molecule is CCn1c(-c2cc(F)c(Cl)cc2OC)nn2c(C)cc(C(C)C)c2c1=O. The molecule has 0 radical (unpaired) electrons. The lowest BCUT2D eigenvalue weighted by Gasteiger charge is -2.15. The first-order chi connectivity index (χ1) is 12.3. The Bertz CT molecular complexity index is 1050. The molecule has 0 fully saturated rings. The van der Waals surface area contributed by atoms with Crippen LogP contribution in [0.5, 0.6) is 5.75 Å². The van der Waals surface area contributed by atoms with E-state index in [4.69, 9.17) is 16.3 Å². The molecular weight excluding hydrogens is 357 g/mol. The van der Waals surface area contributed by atoms with Crippen molar-refractivity contribution in [1.29, 1.82) is 0 Å². The number of hydrogen-bond acceptors (Lipinski definition) is 3. The highest BCUT2D eigenvalue weighted by Crippen LogP contribution is 2.33. The number of fused-ring (bicyclic) bond motifs is 1. The topological polar surface area (TPSA) is 48.5 Å². The van der Waals surface area contributed by atoms with E-state index in [1.54, 1.807) is 4.52 Å². The molecule has 2 aromatic heterocycles. The Hall–Kier alpha value is -2.34. The molecule has 0 N–H and O–H groups in total. The summed E-state index contributed by atoms with van der Waals surface area (Å²) in [7, 11) is 1.47. The molecule has 0 spiro atoms. The Morgan fingerprint density at radius 3 is 2.58 bits per heavy atom. The standard InChI is InChI=1S/C19H21ClFN3O2/c1-6-23-18(13-8-15(21)14(20)9-16(13)26-5)22-24-11(4)7-12(10(2)3)17(24)19(23)25/h7-10H,6H2,1-5H3. The third-order valence-electron chi connectivity index (χ3n) is 4.50. The van der Waals surface area contributed by atoms with Crippen LogP contribution in [0.4, 0.5) is 4.39 Å². The second-order valence-electron chi connectivity index (χ2n) is 6.50. The highest BCUT2D eigenvalue weighted by molar-refractivity contribution is 6.31. The summed E-state index contributed by atoms with van der Waals surface area (Å²) in [5.41, 5.74) is 2.57. The van der Waals surface area contributed by atoms with Gasteiger partial charge in [-0.05, 0) is 37.5 Å². The molecule has 2 heterocycles. The fraction of sp³-hybridized carbons (Fsp3) is 0.368. The second-order valence-corrected chi connectivity index (χ2v) is 6.90. The molecule has 0 amide bonds. The van der Waals surface area contributed by atoms with Crippen molar-refractivity contribution < 1.29 is 9.13 Å². The van der Waals surface area contributed by atoms with E-state index in [1.807, 2.05) is 33.8 Å². The van der Waals surface area contributed by atoms with Crippen LogP contribution in [0, 0.1) is 12.7 Å². The van der Waals surface area contributed by atoms with E-state index < -0.39 is 5.82 Å². The van der Waals surface area contributed by atoms with Crippen LogP contribution in [-0.2, 0) is 6.54 Å². The Kier molecular flexibility index (Phi) is 4.80. The number of rotatable bonds is 4. The first-order valence-corrected chi connectivity index (χ1v) is 8.84. The fourth-order valence-corrected chi connectivity index (χ4v) is 3.33. The van der Waals surface area contributed by atoms with E-state index in [0.29, 0.717) is 29.2 Å². The van der Waals surface area contributed by atoms with E-state index in [1.165, 1.54) is 23.8 Å². The molecule has 0 atom stereocenters. The van der Waals surface area contributed by atoms with Gasteiger partial charge in [-0.3, -0.25) is 9.36 Å². The molecule has 0 saturated carbocycles. The molecule has 0 aliphatic rings. The molecule has 138 valence electrons. The average Bonchev–Trinajstić information content (AvgIpc) is 2.94. The molecule has 0 unspecified atom stereocenters. The van der Waals surface area contributed by atoms with Crippen molar-refractivity contribution >= 4 is 17.1 Å². The summed E-state index contributed by atoms with van der Waals surface area (Å²) < 4.78 is 22.6. The van der Waals surface area contributed by atoms with Crippen LogP contribution in [0.15, 0.2) is 23.0 Å². The van der Waals surface area contributed by atoms with Crippen LogP contribution in [0.3, 0.4) is 0 Å². The van der Waals surface area contributed by atoms with Gasteiger partial charge in [0.05, 0.1) is 17.7 Å². The van der Waals surface area contributed by atoms with Crippen molar-refractivity contribution in [3.8, 4) is 17.1 Å². The number of methoxy groups -OCH3 is 1. The van der Waals surface area contributed by atoms with Gasteiger partial charge in [0.25, 0.3) is 5.56 Å². The highest BCUT2D eigenvalue weighted by Gasteiger charge is 2.21. The van der Waals surface area contributed by atoms with Gasteiger partial charge in [-0.25, -0.2) is 8.91 Å². The third-order valence-corrected chi connectivity index (χ3v) is 4.79. The van der Waals surface area contributed by atoms with E-state index in [2.05, 4.69) is 5.10 Å². The molecule has 3 aromatic rings. The number of nitrogens with zero attached hydrogens (tertiary/aromatic N) is 3. The van der Waals surface area contributed by atoms with E-state index in [0.717, 1.165) is 11.3 Å². The molecule has 5 nitrogen and oxygen atoms in total. The Labute approximate surface area is 156 Å². The molecular formula is C19H21ClFN3O2. The lowest BCUT2D eigenvalue weighted by Crippen LogP contribution is -2.26. The Morgan fingerprint density at radius 1 is 1.31 bits per heavy atom. The minimum absolute atomic E-state index is 0.0451. The molecule has 0 aliphatic heterocycles.